The van der Waals surface area contributed by atoms with Crippen LogP contribution in [0.5, 0.6) is 0 Å². The predicted molar refractivity (Wildman–Crippen MR) is 102 cm³/mol. The van der Waals surface area contributed by atoms with E-state index in [2.05, 4.69) is 9.97 Å². The molecule has 0 spiro atoms. The van der Waals surface area contributed by atoms with Crippen LogP contribution < -0.4 is 0 Å². The van der Waals surface area contributed by atoms with Gasteiger partial charge in [-0.1, -0.05) is 12.1 Å². The summed E-state index contributed by atoms with van der Waals surface area (Å²) < 4.78 is 64.1. The van der Waals surface area contributed by atoms with Gasteiger partial charge in [0.2, 0.25) is 0 Å². The smallest absolute Gasteiger partial charge is 0.358 e. The van der Waals surface area contributed by atoms with E-state index in [0.29, 0.717) is 27.4 Å². The zero-order valence-corrected chi connectivity index (χ0v) is 15.7. The number of H-pyrrole nitrogens is 1. The first-order chi connectivity index (χ1) is 13.1. The summed E-state index contributed by atoms with van der Waals surface area (Å²) in [6.07, 6.45) is -2.07. The number of aromatic nitrogens is 2. The van der Waals surface area contributed by atoms with Crippen LogP contribution in [0.4, 0.5) is 13.2 Å². The van der Waals surface area contributed by atoms with E-state index >= 15 is 0 Å². The predicted octanol–water partition coefficient (Wildman–Crippen LogP) is 5.11. The number of fused-ring (bicyclic) bond motifs is 2. The Labute approximate surface area is 158 Å². The number of rotatable bonds is 2. The molecule has 4 aromatic rings. The van der Waals surface area contributed by atoms with E-state index < -0.39 is 21.6 Å². The first-order valence-corrected chi connectivity index (χ1v) is 10.2. The van der Waals surface area contributed by atoms with Crippen molar-refractivity contribution < 1.29 is 21.6 Å². The molecule has 0 saturated carbocycles. The van der Waals surface area contributed by atoms with E-state index in [1.165, 1.54) is 18.3 Å². The first kappa shape index (κ1) is 18.5. The number of aryl methyl sites for hydroxylation is 1. The molecule has 2 aromatic heterocycles. The van der Waals surface area contributed by atoms with Crippen molar-refractivity contribution in [3.63, 3.8) is 0 Å². The summed E-state index contributed by atoms with van der Waals surface area (Å²) in [4.78, 5) is 7.28. The quantitative estimate of drug-likeness (QED) is 0.505. The van der Waals surface area contributed by atoms with Gasteiger partial charge in [-0.25, -0.2) is 8.42 Å². The second-order valence-corrected chi connectivity index (χ2v) is 8.68. The largest absolute Gasteiger partial charge is 0.418 e. The van der Waals surface area contributed by atoms with Crippen LogP contribution in [-0.2, 0) is 16.0 Å². The summed E-state index contributed by atoms with van der Waals surface area (Å²) in [5, 5.41) is 0.983. The van der Waals surface area contributed by atoms with E-state index in [9.17, 15) is 21.6 Å². The Bertz CT molecular complexity index is 1340. The molecule has 1 N–H and O–H groups in total. The van der Waals surface area contributed by atoms with Gasteiger partial charge < -0.3 is 4.98 Å². The lowest BCUT2D eigenvalue weighted by molar-refractivity contribution is -0.136. The maximum atomic E-state index is 13.4. The fourth-order valence-electron chi connectivity index (χ4n) is 3.51. The van der Waals surface area contributed by atoms with E-state index in [1.54, 1.807) is 31.2 Å². The Morgan fingerprint density at radius 2 is 1.79 bits per heavy atom. The highest BCUT2D eigenvalue weighted by Gasteiger charge is 2.33. The fourth-order valence-corrected chi connectivity index (χ4v) is 4.15. The Balaban J connectivity index is 2.09. The molecule has 2 heterocycles. The van der Waals surface area contributed by atoms with Crippen molar-refractivity contribution >= 4 is 31.6 Å². The molecule has 0 aliphatic heterocycles. The van der Waals surface area contributed by atoms with Crippen LogP contribution in [0.15, 0.2) is 53.6 Å². The second kappa shape index (κ2) is 6.07. The molecule has 0 atom stereocenters. The lowest BCUT2D eigenvalue weighted by Crippen LogP contribution is -2.06. The van der Waals surface area contributed by atoms with Gasteiger partial charge in [-0.2, -0.15) is 13.2 Å². The number of aromatic amines is 1. The molecule has 8 heteroatoms. The highest BCUT2D eigenvalue weighted by molar-refractivity contribution is 7.90. The summed E-state index contributed by atoms with van der Waals surface area (Å²) in [7, 11) is -3.43. The number of sulfone groups is 1. The van der Waals surface area contributed by atoms with E-state index in [-0.39, 0.29) is 10.4 Å². The number of halogens is 3. The molecule has 0 radical (unpaired) electrons. The standard InChI is InChI=1S/C20H15F3N2O2S/c1-11-18(15-10-12(28(2,26)27)6-7-17(15)25-11)13-8-9-24-19-14(13)4-3-5-16(19)20(21,22)23/h3-10,25H,1-2H3. The minimum Gasteiger partial charge on any atom is -0.358 e. The molecule has 0 saturated heterocycles. The number of para-hydroxylation sites is 1. The van der Waals surface area contributed by atoms with Crippen molar-refractivity contribution in [3.05, 3.63) is 59.9 Å². The third-order valence-corrected chi connectivity index (χ3v) is 5.84. The van der Waals surface area contributed by atoms with Gasteiger partial charge in [0.15, 0.2) is 9.84 Å². The number of hydrogen-bond donors (Lipinski definition) is 1. The van der Waals surface area contributed by atoms with Crippen LogP contribution in [0.25, 0.3) is 32.9 Å². The minimum absolute atomic E-state index is 0.138. The Morgan fingerprint density at radius 3 is 2.46 bits per heavy atom. The van der Waals surface area contributed by atoms with Crippen LogP contribution in [0, 0.1) is 6.92 Å². The van der Waals surface area contributed by atoms with Crippen LogP contribution >= 0.6 is 0 Å². The maximum absolute atomic E-state index is 13.4. The lowest BCUT2D eigenvalue weighted by atomic mass is 9.97. The zero-order valence-electron chi connectivity index (χ0n) is 14.9. The molecule has 0 bridgehead atoms. The number of nitrogens with one attached hydrogen (secondary N) is 1. The van der Waals surface area contributed by atoms with Gasteiger partial charge in [0, 0.05) is 40.0 Å². The molecule has 144 valence electrons. The van der Waals surface area contributed by atoms with Crippen LogP contribution in [0.1, 0.15) is 11.3 Å². The van der Waals surface area contributed by atoms with E-state index in [0.717, 1.165) is 18.0 Å². The number of hydrogen-bond acceptors (Lipinski definition) is 3. The van der Waals surface area contributed by atoms with Gasteiger partial charge in [-0.3, -0.25) is 4.98 Å². The van der Waals surface area contributed by atoms with Crippen LogP contribution in [0.2, 0.25) is 0 Å². The van der Waals surface area contributed by atoms with E-state index in [4.69, 9.17) is 0 Å². The van der Waals surface area contributed by atoms with Gasteiger partial charge in [0.05, 0.1) is 16.0 Å². The molecule has 28 heavy (non-hydrogen) atoms. The molecule has 0 amide bonds. The SMILES string of the molecule is Cc1[nH]c2ccc(S(C)(=O)=O)cc2c1-c1ccnc2c(C(F)(F)F)cccc12. The molecule has 0 aliphatic rings. The lowest BCUT2D eigenvalue weighted by Gasteiger charge is -2.12. The van der Waals surface area contributed by atoms with Crippen molar-refractivity contribution in [3.8, 4) is 11.1 Å². The van der Waals surface area contributed by atoms with Crippen molar-refractivity contribution in [2.75, 3.05) is 6.26 Å². The first-order valence-electron chi connectivity index (χ1n) is 8.35. The summed E-state index contributed by atoms with van der Waals surface area (Å²) in [6, 6.07) is 10.3. The van der Waals surface area contributed by atoms with Crippen LogP contribution in [0.3, 0.4) is 0 Å². The topological polar surface area (TPSA) is 62.8 Å². The molecule has 2 aromatic carbocycles. The highest BCUT2D eigenvalue weighted by Crippen LogP contribution is 2.40. The third kappa shape index (κ3) is 2.93. The molecular weight excluding hydrogens is 389 g/mol. The molecule has 0 fully saturated rings. The monoisotopic (exact) mass is 404 g/mol. The van der Waals surface area contributed by atoms with Gasteiger partial charge in [-0.05, 0) is 42.8 Å². The average molecular weight is 404 g/mol. The van der Waals surface area contributed by atoms with Gasteiger partial charge in [0.1, 0.15) is 0 Å². The maximum Gasteiger partial charge on any atom is 0.418 e. The average Bonchev–Trinajstić information content (AvgIpc) is 2.94. The molecule has 4 rings (SSSR count). The normalized spacial score (nSPS) is 12.8. The van der Waals surface area contributed by atoms with Crippen molar-refractivity contribution in [1.29, 1.82) is 0 Å². The van der Waals surface area contributed by atoms with Crippen molar-refractivity contribution in [2.24, 2.45) is 0 Å². The van der Waals surface area contributed by atoms with E-state index in [1.807, 2.05) is 0 Å². The molecular formula is C20H15F3N2O2S. The number of nitrogens with zero attached hydrogens (tertiary/aromatic N) is 1. The summed E-state index contributed by atoms with van der Waals surface area (Å²) in [6.45, 7) is 1.80. The fraction of sp³-hybridized carbons (Fsp3) is 0.150. The summed E-state index contributed by atoms with van der Waals surface area (Å²) in [5.41, 5.74) is 1.71. The molecule has 4 nitrogen and oxygen atoms in total. The summed E-state index contributed by atoms with van der Waals surface area (Å²) >= 11 is 0. The third-order valence-electron chi connectivity index (χ3n) is 4.73. The molecule has 0 aliphatic carbocycles. The van der Waals surface area contributed by atoms with Gasteiger partial charge >= 0.3 is 6.18 Å². The van der Waals surface area contributed by atoms with Gasteiger partial charge in [0.25, 0.3) is 0 Å². The Morgan fingerprint density at radius 1 is 1.04 bits per heavy atom. The number of benzene rings is 2. The van der Waals surface area contributed by atoms with Crippen molar-refractivity contribution in [2.45, 2.75) is 18.0 Å². The highest BCUT2D eigenvalue weighted by atomic mass is 32.2. The Hall–Kier alpha value is -2.87. The Kier molecular flexibility index (Phi) is 4.01. The number of pyridine rings is 1. The summed E-state index contributed by atoms with van der Waals surface area (Å²) in [5.74, 6) is 0. The number of alkyl halides is 3. The molecule has 0 unspecified atom stereocenters. The van der Waals surface area contributed by atoms with Crippen LogP contribution in [-0.4, -0.2) is 24.6 Å². The second-order valence-electron chi connectivity index (χ2n) is 6.66. The zero-order chi connectivity index (χ0) is 20.3. The van der Waals surface area contributed by atoms with Crippen molar-refractivity contribution in [1.82, 2.24) is 9.97 Å². The van der Waals surface area contributed by atoms with Gasteiger partial charge in [-0.15, -0.1) is 0 Å². The minimum atomic E-state index is -4.52.